The van der Waals surface area contributed by atoms with Gasteiger partial charge < -0.3 is 9.73 Å². The lowest BCUT2D eigenvalue weighted by molar-refractivity contribution is -0.116. The fourth-order valence-corrected chi connectivity index (χ4v) is 2.89. The molecule has 112 valence electrons. The Morgan fingerprint density at radius 2 is 2.36 bits per heavy atom. The summed E-state index contributed by atoms with van der Waals surface area (Å²) in [7, 11) is 0. The molecule has 0 spiro atoms. The first-order valence-corrected chi connectivity index (χ1v) is 7.73. The summed E-state index contributed by atoms with van der Waals surface area (Å²) in [6.45, 7) is 0.476. The first kappa shape index (κ1) is 14.3. The lowest BCUT2D eigenvalue weighted by Crippen LogP contribution is -2.30. The fourth-order valence-electron chi connectivity index (χ4n) is 2.07. The van der Waals surface area contributed by atoms with Crippen molar-refractivity contribution in [2.24, 2.45) is 0 Å². The second-order valence-corrected chi connectivity index (χ2v) is 5.59. The summed E-state index contributed by atoms with van der Waals surface area (Å²) < 4.78 is 7.00. The maximum Gasteiger partial charge on any atom is 0.244 e. The molecule has 0 saturated carbocycles. The molecule has 1 amide bonds. The first-order chi connectivity index (χ1) is 10.8. The molecule has 0 unspecified atom stereocenters. The predicted molar refractivity (Wildman–Crippen MR) is 85.4 cm³/mol. The van der Waals surface area contributed by atoms with Crippen LogP contribution >= 0.6 is 11.3 Å². The molecule has 22 heavy (non-hydrogen) atoms. The van der Waals surface area contributed by atoms with Gasteiger partial charge in [-0.3, -0.25) is 9.48 Å². The van der Waals surface area contributed by atoms with E-state index in [0.717, 1.165) is 4.88 Å². The molecular weight excluding hydrogens is 298 g/mol. The van der Waals surface area contributed by atoms with Crippen LogP contribution in [0.1, 0.15) is 16.7 Å². The zero-order valence-corrected chi connectivity index (χ0v) is 12.6. The quantitative estimate of drug-likeness (QED) is 0.712. The van der Waals surface area contributed by atoms with E-state index < -0.39 is 0 Å². The molecule has 3 aromatic heterocycles. The van der Waals surface area contributed by atoms with Crippen LogP contribution in [0.5, 0.6) is 0 Å². The van der Waals surface area contributed by atoms with Gasteiger partial charge in [-0.05, 0) is 35.7 Å². The van der Waals surface area contributed by atoms with Crippen molar-refractivity contribution in [2.45, 2.75) is 6.04 Å². The van der Waals surface area contributed by atoms with Gasteiger partial charge in [-0.2, -0.15) is 5.10 Å². The number of aromatic nitrogens is 2. The largest absolute Gasteiger partial charge is 0.465 e. The Balaban J connectivity index is 1.63. The number of furan rings is 1. The van der Waals surface area contributed by atoms with Gasteiger partial charge >= 0.3 is 0 Å². The van der Waals surface area contributed by atoms with Gasteiger partial charge in [0.2, 0.25) is 5.91 Å². The van der Waals surface area contributed by atoms with Gasteiger partial charge in [-0.25, -0.2) is 0 Å². The van der Waals surface area contributed by atoms with E-state index in [-0.39, 0.29) is 11.9 Å². The van der Waals surface area contributed by atoms with Gasteiger partial charge in [-0.15, -0.1) is 11.3 Å². The van der Waals surface area contributed by atoms with Crippen molar-refractivity contribution in [3.8, 4) is 0 Å². The van der Waals surface area contributed by atoms with Crippen LogP contribution in [-0.2, 0) is 4.79 Å². The molecule has 1 atom stereocenters. The van der Waals surface area contributed by atoms with Gasteiger partial charge in [0.25, 0.3) is 0 Å². The molecule has 3 rings (SSSR count). The summed E-state index contributed by atoms with van der Waals surface area (Å²) >= 11 is 1.65. The Labute approximate surface area is 131 Å². The SMILES string of the molecule is O=C(/C=C/c1ccco1)NC[C@@H](c1cccs1)n1cccn1. The molecule has 3 aromatic rings. The van der Waals surface area contributed by atoms with Crippen molar-refractivity contribution in [3.05, 3.63) is 71.1 Å². The molecule has 0 saturated heterocycles. The smallest absolute Gasteiger partial charge is 0.244 e. The van der Waals surface area contributed by atoms with Crippen LogP contribution in [0.3, 0.4) is 0 Å². The summed E-state index contributed by atoms with van der Waals surface area (Å²) in [6, 6.07) is 9.48. The highest BCUT2D eigenvalue weighted by molar-refractivity contribution is 7.10. The molecule has 5 nitrogen and oxygen atoms in total. The van der Waals surface area contributed by atoms with E-state index in [2.05, 4.69) is 10.4 Å². The molecular formula is C16H15N3O2S. The molecule has 3 heterocycles. The minimum Gasteiger partial charge on any atom is -0.465 e. The zero-order chi connectivity index (χ0) is 15.2. The van der Waals surface area contributed by atoms with Crippen molar-refractivity contribution in [3.63, 3.8) is 0 Å². The molecule has 0 fully saturated rings. The summed E-state index contributed by atoms with van der Waals surface area (Å²) in [5, 5.41) is 9.19. The molecule has 0 aliphatic rings. The summed E-state index contributed by atoms with van der Waals surface area (Å²) in [5.74, 6) is 0.488. The number of carbonyl (C=O) groups is 1. The molecule has 6 heteroatoms. The van der Waals surface area contributed by atoms with E-state index >= 15 is 0 Å². The average Bonchev–Trinajstić information content (AvgIpc) is 3.27. The van der Waals surface area contributed by atoms with E-state index in [4.69, 9.17) is 4.42 Å². The molecule has 1 N–H and O–H groups in total. The van der Waals surface area contributed by atoms with E-state index in [0.29, 0.717) is 12.3 Å². The van der Waals surface area contributed by atoms with Crippen molar-refractivity contribution in [1.29, 1.82) is 0 Å². The summed E-state index contributed by atoms with van der Waals surface area (Å²) in [6.07, 6.45) is 8.31. The monoisotopic (exact) mass is 313 g/mol. The van der Waals surface area contributed by atoms with E-state index in [1.807, 2.05) is 34.5 Å². The summed E-state index contributed by atoms with van der Waals surface area (Å²) in [5.41, 5.74) is 0. The van der Waals surface area contributed by atoms with Crippen LogP contribution in [0, 0.1) is 0 Å². The van der Waals surface area contributed by atoms with Crippen molar-refractivity contribution in [1.82, 2.24) is 15.1 Å². The Kier molecular flexibility index (Phi) is 4.50. The maximum atomic E-state index is 11.9. The summed E-state index contributed by atoms with van der Waals surface area (Å²) in [4.78, 5) is 13.1. The molecule has 0 bridgehead atoms. The standard InChI is InChI=1S/C16H15N3O2S/c20-16(7-6-13-4-1-10-21-13)17-12-14(15-5-2-11-22-15)19-9-3-8-18-19/h1-11,14H,12H2,(H,17,20)/b7-6+/t14-/m0/s1. The third-order valence-corrected chi connectivity index (χ3v) is 4.10. The number of hydrogen-bond donors (Lipinski definition) is 1. The van der Waals surface area contributed by atoms with Crippen LogP contribution in [0.4, 0.5) is 0 Å². The highest BCUT2D eigenvalue weighted by Gasteiger charge is 2.15. The van der Waals surface area contributed by atoms with Crippen LogP contribution < -0.4 is 5.32 Å². The lowest BCUT2D eigenvalue weighted by atomic mass is 10.2. The lowest BCUT2D eigenvalue weighted by Gasteiger charge is -2.16. The average molecular weight is 313 g/mol. The number of nitrogens with zero attached hydrogens (tertiary/aromatic N) is 2. The number of nitrogens with one attached hydrogen (secondary N) is 1. The molecule has 0 aliphatic carbocycles. The van der Waals surface area contributed by atoms with Crippen molar-refractivity contribution in [2.75, 3.05) is 6.54 Å². The minimum absolute atomic E-state index is 0.00374. The maximum absolute atomic E-state index is 11.9. The molecule has 0 radical (unpaired) electrons. The topological polar surface area (TPSA) is 60.1 Å². The highest BCUT2D eigenvalue weighted by Crippen LogP contribution is 2.21. The Hall–Kier alpha value is -2.60. The Bertz CT molecular complexity index is 681. The predicted octanol–water partition coefficient (Wildman–Crippen LogP) is 2.96. The van der Waals surface area contributed by atoms with Crippen LogP contribution in [0.2, 0.25) is 0 Å². The third-order valence-electron chi connectivity index (χ3n) is 3.13. The van der Waals surface area contributed by atoms with Gasteiger partial charge in [0, 0.05) is 29.9 Å². The van der Waals surface area contributed by atoms with E-state index in [1.54, 1.807) is 42.0 Å². The highest BCUT2D eigenvalue weighted by atomic mass is 32.1. The van der Waals surface area contributed by atoms with Crippen LogP contribution in [-0.4, -0.2) is 22.2 Å². The number of carbonyl (C=O) groups excluding carboxylic acids is 1. The van der Waals surface area contributed by atoms with Gasteiger partial charge in [0.15, 0.2) is 0 Å². The van der Waals surface area contributed by atoms with E-state index in [9.17, 15) is 4.79 Å². The number of hydrogen-bond acceptors (Lipinski definition) is 4. The van der Waals surface area contributed by atoms with Gasteiger partial charge in [0.05, 0.1) is 6.26 Å². The first-order valence-electron chi connectivity index (χ1n) is 6.85. The molecule has 0 aromatic carbocycles. The van der Waals surface area contributed by atoms with Crippen molar-refractivity contribution < 1.29 is 9.21 Å². The van der Waals surface area contributed by atoms with E-state index in [1.165, 1.54) is 6.08 Å². The van der Waals surface area contributed by atoms with Crippen LogP contribution in [0.25, 0.3) is 6.08 Å². The van der Waals surface area contributed by atoms with Crippen LogP contribution in [0.15, 0.2) is 64.9 Å². The number of rotatable bonds is 6. The Morgan fingerprint density at radius 3 is 3.05 bits per heavy atom. The number of amides is 1. The van der Waals surface area contributed by atoms with Gasteiger partial charge in [-0.1, -0.05) is 6.07 Å². The normalized spacial score (nSPS) is 12.5. The Morgan fingerprint density at radius 1 is 1.41 bits per heavy atom. The van der Waals surface area contributed by atoms with Crippen molar-refractivity contribution >= 4 is 23.3 Å². The second-order valence-electron chi connectivity index (χ2n) is 4.61. The minimum atomic E-state index is -0.162. The second kappa shape index (κ2) is 6.91. The number of thiophene rings is 1. The zero-order valence-electron chi connectivity index (χ0n) is 11.8. The van der Waals surface area contributed by atoms with Gasteiger partial charge in [0.1, 0.15) is 11.8 Å². The fraction of sp³-hybridized carbons (Fsp3) is 0.125. The molecule has 0 aliphatic heterocycles. The third kappa shape index (κ3) is 3.53.